The van der Waals surface area contributed by atoms with Gasteiger partial charge in [-0.15, -0.1) is 11.3 Å². The lowest BCUT2D eigenvalue weighted by Crippen LogP contribution is -2.39. The van der Waals surface area contributed by atoms with Crippen molar-refractivity contribution >= 4 is 27.4 Å². The van der Waals surface area contributed by atoms with E-state index < -0.39 is 5.41 Å². The molecule has 0 radical (unpaired) electrons. The number of aryl methyl sites for hydroxylation is 2. The third kappa shape index (κ3) is 2.71. The molecule has 0 aromatic carbocycles. The fraction of sp³-hybridized carbons (Fsp3) is 0.625. The molecule has 0 aliphatic heterocycles. The lowest BCUT2D eigenvalue weighted by Gasteiger charge is -2.31. The molecular formula is C16H23N3O2S. The summed E-state index contributed by atoms with van der Waals surface area (Å²) in [6.07, 6.45) is 6.34. The molecule has 6 heteroatoms. The Balaban J connectivity index is 2.01. The van der Waals surface area contributed by atoms with Gasteiger partial charge in [0.25, 0.3) is 0 Å². The molecule has 0 saturated carbocycles. The van der Waals surface area contributed by atoms with Crippen molar-refractivity contribution in [2.24, 2.45) is 5.41 Å². The Morgan fingerprint density at radius 1 is 1.23 bits per heavy atom. The molecule has 0 saturated heterocycles. The fourth-order valence-electron chi connectivity index (χ4n) is 3.16. The normalized spacial score (nSPS) is 15.1. The Morgan fingerprint density at radius 3 is 2.68 bits per heavy atom. The number of nitrogens with zero attached hydrogens (tertiary/aromatic N) is 3. The fourth-order valence-corrected chi connectivity index (χ4v) is 4.38. The Labute approximate surface area is 134 Å². The van der Waals surface area contributed by atoms with Crippen LogP contribution in [0.3, 0.4) is 0 Å². The molecule has 2 aromatic heterocycles. The molecule has 1 aliphatic carbocycles. The van der Waals surface area contributed by atoms with Crippen LogP contribution in [0.1, 0.15) is 30.2 Å². The predicted octanol–water partition coefficient (Wildman–Crippen LogP) is 2.00. The van der Waals surface area contributed by atoms with Gasteiger partial charge in [-0.25, -0.2) is 9.97 Å². The van der Waals surface area contributed by atoms with Crippen LogP contribution >= 0.6 is 11.3 Å². The lowest BCUT2D eigenvalue weighted by atomic mass is 9.92. The number of fused-ring (bicyclic) bond motifs is 3. The number of aliphatic hydroxyl groups excluding tert-OH is 2. The molecule has 3 rings (SSSR count). The topological polar surface area (TPSA) is 69.5 Å². The van der Waals surface area contributed by atoms with E-state index in [2.05, 4.69) is 9.97 Å². The molecule has 0 unspecified atom stereocenters. The Kier molecular flexibility index (Phi) is 4.34. The zero-order valence-electron chi connectivity index (χ0n) is 13.2. The largest absolute Gasteiger partial charge is 0.396 e. The summed E-state index contributed by atoms with van der Waals surface area (Å²) in [6, 6.07) is 0. The molecule has 5 nitrogen and oxygen atoms in total. The molecule has 1 aliphatic rings. The summed E-state index contributed by atoms with van der Waals surface area (Å²) in [7, 11) is 1.97. The second-order valence-electron chi connectivity index (χ2n) is 6.57. The summed E-state index contributed by atoms with van der Waals surface area (Å²) in [4.78, 5) is 13.5. The van der Waals surface area contributed by atoms with Gasteiger partial charge in [0.05, 0.1) is 18.6 Å². The van der Waals surface area contributed by atoms with E-state index in [9.17, 15) is 10.2 Å². The van der Waals surface area contributed by atoms with Crippen LogP contribution < -0.4 is 4.90 Å². The van der Waals surface area contributed by atoms with Crippen LogP contribution in [0.15, 0.2) is 6.33 Å². The first-order valence-corrected chi connectivity index (χ1v) is 8.58. The second-order valence-corrected chi connectivity index (χ2v) is 7.65. The quantitative estimate of drug-likeness (QED) is 0.881. The molecule has 0 atom stereocenters. The van der Waals surface area contributed by atoms with Gasteiger partial charge in [-0.2, -0.15) is 0 Å². The smallest absolute Gasteiger partial charge is 0.140 e. The standard InChI is InChI=1S/C16H23N3O2S/c1-16(8-20,9-21)7-19(2)14-13-11-5-3-4-6-12(11)22-15(13)18-10-17-14/h10,20-21H,3-9H2,1-2H3. The molecule has 2 heterocycles. The van der Waals surface area contributed by atoms with Crippen molar-refractivity contribution in [1.82, 2.24) is 9.97 Å². The molecule has 0 amide bonds. The summed E-state index contributed by atoms with van der Waals surface area (Å²) in [6.45, 7) is 2.33. The first kappa shape index (κ1) is 15.6. The number of anilines is 1. The van der Waals surface area contributed by atoms with Gasteiger partial charge < -0.3 is 15.1 Å². The van der Waals surface area contributed by atoms with Crippen LogP contribution in [0.5, 0.6) is 0 Å². The van der Waals surface area contributed by atoms with Gasteiger partial charge in [-0.05, 0) is 31.2 Å². The van der Waals surface area contributed by atoms with Crippen LogP contribution in [-0.2, 0) is 12.8 Å². The number of thiophene rings is 1. The van der Waals surface area contributed by atoms with Crippen LogP contribution in [-0.4, -0.2) is 47.0 Å². The van der Waals surface area contributed by atoms with Crippen molar-refractivity contribution in [1.29, 1.82) is 0 Å². The zero-order valence-corrected chi connectivity index (χ0v) is 14.0. The Morgan fingerprint density at radius 2 is 1.95 bits per heavy atom. The van der Waals surface area contributed by atoms with Gasteiger partial charge in [0.15, 0.2) is 0 Å². The maximum atomic E-state index is 9.53. The number of hydrogen-bond donors (Lipinski definition) is 2. The maximum absolute atomic E-state index is 9.53. The molecule has 2 aromatic rings. The van der Waals surface area contributed by atoms with E-state index in [1.54, 1.807) is 17.7 Å². The number of hydrogen-bond acceptors (Lipinski definition) is 6. The third-order valence-corrected chi connectivity index (χ3v) is 5.68. The third-order valence-electron chi connectivity index (χ3n) is 4.48. The van der Waals surface area contributed by atoms with E-state index in [1.165, 1.54) is 28.7 Å². The lowest BCUT2D eigenvalue weighted by molar-refractivity contribution is 0.0762. The first-order chi connectivity index (χ1) is 10.6. The second kappa shape index (κ2) is 6.10. The molecule has 0 spiro atoms. The van der Waals surface area contributed by atoms with Gasteiger partial charge in [0, 0.05) is 23.9 Å². The van der Waals surface area contributed by atoms with Crippen molar-refractivity contribution in [3.8, 4) is 0 Å². The molecule has 2 N–H and O–H groups in total. The molecular weight excluding hydrogens is 298 g/mol. The Bertz CT molecular complexity index is 667. The average Bonchev–Trinajstić information content (AvgIpc) is 2.93. The van der Waals surface area contributed by atoms with Crippen molar-refractivity contribution < 1.29 is 10.2 Å². The highest BCUT2D eigenvalue weighted by molar-refractivity contribution is 7.19. The van der Waals surface area contributed by atoms with Crippen molar-refractivity contribution in [3.05, 3.63) is 16.8 Å². The van der Waals surface area contributed by atoms with Crippen LogP contribution in [0.4, 0.5) is 5.82 Å². The molecule has 120 valence electrons. The van der Waals surface area contributed by atoms with Gasteiger partial charge in [-0.1, -0.05) is 6.92 Å². The highest BCUT2D eigenvalue weighted by Crippen LogP contribution is 2.39. The van der Waals surface area contributed by atoms with Crippen molar-refractivity contribution in [2.45, 2.75) is 32.6 Å². The monoisotopic (exact) mass is 321 g/mol. The van der Waals surface area contributed by atoms with Crippen LogP contribution in [0, 0.1) is 5.41 Å². The van der Waals surface area contributed by atoms with E-state index in [4.69, 9.17) is 0 Å². The van der Waals surface area contributed by atoms with E-state index in [0.717, 1.165) is 23.5 Å². The minimum atomic E-state index is -0.540. The number of aliphatic hydroxyl groups is 2. The highest BCUT2D eigenvalue weighted by atomic mass is 32.1. The van der Waals surface area contributed by atoms with Crippen molar-refractivity contribution in [3.63, 3.8) is 0 Å². The number of aromatic nitrogens is 2. The minimum absolute atomic E-state index is 0.0518. The zero-order chi connectivity index (χ0) is 15.7. The van der Waals surface area contributed by atoms with Gasteiger partial charge in [0.1, 0.15) is 17.0 Å². The van der Waals surface area contributed by atoms with E-state index >= 15 is 0 Å². The summed E-state index contributed by atoms with van der Waals surface area (Å²) >= 11 is 1.78. The first-order valence-electron chi connectivity index (χ1n) is 7.76. The van der Waals surface area contributed by atoms with Gasteiger partial charge in [-0.3, -0.25) is 0 Å². The van der Waals surface area contributed by atoms with Gasteiger partial charge >= 0.3 is 0 Å². The maximum Gasteiger partial charge on any atom is 0.140 e. The summed E-state index contributed by atoms with van der Waals surface area (Å²) < 4.78 is 0. The molecule has 0 bridgehead atoms. The van der Waals surface area contributed by atoms with E-state index in [0.29, 0.717) is 6.54 Å². The summed E-state index contributed by atoms with van der Waals surface area (Å²) in [5.41, 5.74) is 0.866. The van der Waals surface area contributed by atoms with Crippen molar-refractivity contribution in [2.75, 3.05) is 31.7 Å². The highest BCUT2D eigenvalue weighted by Gasteiger charge is 2.27. The summed E-state index contributed by atoms with van der Waals surface area (Å²) in [5, 5.41) is 20.2. The van der Waals surface area contributed by atoms with Crippen LogP contribution in [0.25, 0.3) is 10.2 Å². The predicted molar refractivity (Wildman–Crippen MR) is 89.6 cm³/mol. The van der Waals surface area contributed by atoms with E-state index in [-0.39, 0.29) is 13.2 Å². The average molecular weight is 321 g/mol. The van der Waals surface area contributed by atoms with Gasteiger partial charge in [0.2, 0.25) is 0 Å². The number of rotatable bonds is 5. The summed E-state index contributed by atoms with van der Waals surface area (Å²) in [5.74, 6) is 0.914. The van der Waals surface area contributed by atoms with E-state index in [1.807, 2.05) is 18.9 Å². The molecule has 22 heavy (non-hydrogen) atoms. The molecule has 0 fully saturated rings. The van der Waals surface area contributed by atoms with Crippen LogP contribution in [0.2, 0.25) is 0 Å². The Hall–Kier alpha value is -1.24. The minimum Gasteiger partial charge on any atom is -0.396 e. The SMILES string of the molecule is CN(CC(C)(CO)CO)c1ncnc2sc3c(c12)CCCC3.